The molecule has 2 heterocycles. The zero-order valence-electron chi connectivity index (χ0n) is 17.0. The van der Waals surface area contributed by atoms with Crippen LogP contribution in [0.15, 0.2) is 29.1 Å². The van der Waals surface area contributed by atoms with Crippen molar-refractivity contribution in [1.29, 1.82) is 0 Å². The molecule has 0 unspecified atom stereocenters. The summed E-state index contributed by atoms with van der Waals surface area (Å²) >= 11 is 1.23. The van der Waals surface area contributed by atoms with E-state index in [0.717, 1.165) is 22.5 Å². The number of amides is 1. The van der Waals surface area contributed by atoms with Crippen LogP contribution in [0.4, 0.5) is 5.69 Å². The van der Waals surface area contributed by atoms with Crippen molar-refractivity contribution in [3.05, 3.63) is 62.0 Å². The largest absolute Gasteiger partial charge is 0.321 e. The molecule has 6 nitrogen and oxygen atoms in total. The topological polar surface area (TPSA) is 76.9 Å². The quantitative estimate of drug-likeness (QED) is 0.717. The van der Waals surface area contributed by atoms with Gasteiger partial charge in [0.05, 0.1) is 17.0 Å². The third-order valence-electron chi connectivity index (χ3n) is 4.75. The maximum absolute atomic E-state index is 12.8. The van der Waals surface area contributed by atoms with E-state index in [4.69, 9.17) is 0 Å². The van der Waals surface area contributed by atoms with Gasteiger partial charge in [-0.1, -0.05) is 26.0 Å². The third kappa shape index (κ3) is 3.75. The summed E-state index contributed by atoms with van der Waals surface area (Å²) in [5.41, 5.74) is 4.35. The van der Waals surface area contributed by atoms with Gasteiger partial charge in [0.1, 0.15) is 9.88 Å². The van der Waals surface area contributed by atoms with Gasteiger partial charge in [-0.3, -0.25) is 9.59 Å². The summed E-state index contributed by atoms with van der Waals surface area (Å²) in [6.45, 7) is 9.72. The van der Waals surface area contributed by atoms with Gasteiger partial charge in [-0.25, -0.2) is 9.67 Å². The first kappa shape index (κ1) is 19.9. The zero-order valence-corrected chi connectivity index (χ0v) is 17.8. The number of benzene rings is 1. The molecule has 0 aliphatic rings. The molecule has 1 aromatic carbocycles. The highest BCUT2D eigenvalue weighted by atomic mass is 32.1. The Morgan fingerprint density at radius 1 is 1.18 bits per heavy atom. The Bertz CT molecular complexity index is 1110. The van der Waals surface area contributed by atoms with Crippen LogP contribution in [0.3, 0.4) is 0 Å². The minimum atomic E-state index is -0.220. The predicted molar refractivity (Wildman–Crippen MR) is 113 cm³/mol. The molecule has 1 N–H and O–H groups in total. The number of hydrogen-bond donors (Lipinski definition) is 1. The number of nitrogens with one attached hydrogen (secondary N) is 1. The molecule has 0 aliphatic heterocycles. The lowest BCUT2D eigenvalue weighted by Gasteiger charge is -2.09. The molecule has 0 saturated heterocycles. The van der Waals surface area contributed by atoms with Crippen LogP contribution in [-0.4, -0.2) is 20.7 Å². The van der Waals surface area contributed by atoms with Crippen LogP contribution < -0.4 is 10.9 Å². The molecule has 146 valence electrons. The first-order valence-corrected chi connectivity index (χ1v) is 9.94. The number of hydrogen-bond acceptors (Lipinski definition) is 5. The molecular formula is C21H24N4O2S. The number of aryl methyl sites for hydroxylation is 3. The van der Waals surface area contributed by atoms with Gasteiger partial charge < -0.3 is 5.32 Å². The van der Waals surface area contributed by atoms with Crippen molar-refractivity contribution in [3.8, 4) is 10.6 Å². The lowest BCUT2D eigenvalue weighted by Crippen LogP contribution is -2.23. The number of carbonyl (C=O) groups is 1. The van der Waals surface area contributed by atoms with Crippen LogP contribution in [0.1, 0.15) is 52.0 Å². The highest BCUT2D eigenvalue weighted by Gasteiger charge is 2.21. The summed E-state index contributed by atoms with van der Waals surface area (Å²) in [5.74, 6) is 0.158. The first-order chi connectivity index (χ1) is 13.2. The van der Waals surface area contributed by atoms with Crippen molar-refractivity contribution < 1.29 is 4.79 Å². The standard InChI is InChI=1S/C21H24N4O2S/c1-11(2)15-8-7-9-16(10-15)23-19(26)18-14(5)22-20(28-18)17-12(3)13(4)24-25(6)21(17)27/h7-11H,1-6H3,(H,23,26). The third-order valence-corrected chi connectivity index (χ3v) is 5.93. The first-order valence-electron chi connectivity index (χ1n) is 9.12. The Balaban J connectivity index is 1.97. The molecule has 0 radical (unpaired) electrons. The van der Waals surface area contributed by atoms with E-state index in [9.17, 15) is 9.59 Å². The Morgan fingerprint density at radius 3 is 2.57 bits per heavy atom. The van der Waals surface area contributed by atoms with E-state index in [1.165, 1.54) is 16.0 Å². The second kappa shape index (κ2) is 7.67. The predicted octanol–water partition coefficient (Wildman–Crippen LogP) is 4.20. The van der Waals surface area contributed by atoms with Gasteiger partial charge in [-0.2, -0.15) is 5.10 Å². The molecule has 3 aromatic rings. The van der Waals surface area contributed by atoms with Crippen molar-refractivity contribution >= 4 is 22.9 Å². The average Bonchev–Trinajstić information content (AvgIpc) is 3.02. The summed E-state index contributed by atoms with van der Waals surface area (Å²) in [7, 11) is 1.62. The van der Waals surface area contributed by atoms with E-state index in [-0.39, 0.29) is 11.5 Å². The summed E-state index contributed by atoms with van der Waals surface area (Å²) < 4.78 is 1.31. The van der Waals surface area contributed by atoms with Crippen molar-refractivity contribution in [3.63, 3.8) is 0 Å². The Kier molecular flexibility index (Phi) is 5.47. The smallest absolute Gasteiger partial charge is 0.277 e. The summed E-state index contributed by atoms with van der Waals surface area (Å²) in [6, 6.07) is 7.82. The van der Waals surface area contributed by atoms with Gasteiger partial charge in [-0.05, 0) is 49.9 Å². The molecule has 0 spiro atoms. The van der Waals surface area contributed by atoms with E-state index < -0.39 is 0 Å². The van der Waals surface area contributed by atoms with E-state index >= 15 is 0 Å². The molecule has 0 fully saturated rings. The number of aromatic nitrogens is 3. The van der Waals surface area contributed by atoms with Gasteiger partial charge in [0, 0.05) is 12.7 Å². The molecule has 0 aliphatic carbocycles. The van der Waals surface area contributed by atoms with Gasteiger partial charge >= 0.3 is 0 Å². The second-order valence-electron chi connectivity index (χ2n) is 7.18. The number of thiazole rings is 1. The van der Waals surface area contributed by atoms with Crippen LogP contribution in [0, 0.1) is 20.8 Å². The maximum atomic E-state index is 12.8. The number of rotatable bonds is 4. The lowest BCUT2D eigenvalue weighted by atomic mass is 10.0. The van der Waals surface area contributed by atoms with Gasteiger partial charge in [0.25, 0.3) is 11.5 Å². The Hall–Kier alpha value is -2.80. The van der Waals surface area contributed by atoms with Crippen LogP contribution >= 0.6 is 11.3 Å². The van der Waals surface area contributed by atoms with Crippen LogP contribution in [-0.2, 0) is 7.05 Å². The normalized spacial score (nSPS) is 11.1. The van der Waals surface area contributed by atoms with Crippen molar-refractivity contribution in [1.82, 2.24) is 14.8 Å². The Labute approximate surface area is 168 Å². The fraction of sp³-hybridized carbons (Fsp3) is 0.333. The summed E-state index contributed by atoms with van der Waals surface area (Å²) in [5, 5.41) is 7.69. The second-order valence-corrected chi connectivity index (χ2v) is 8.18. The molecule has 2 aromatic heterocycles. The van der Waals surface area contributed by atoms with Crippen LogP contribution in [0.2, 0.25) is 0 Å². The molecule has 0 atom stereocenters. The minimum absolute atomic E-state index is 0.214. The fourth-order valence-electron chi connectivity index (χ4n) is 2.98. The summed E-state index contributed by atoms with van der Waals surface area (Å²) in [4.78, 5) is 30.4. The van der Waals surface area contributed by atoms with Crippen LogP contribution in [0.5, 0.6) is 0 Å². The number of carbonyl (C=O) groups excluding carboxylic acids is 1. The molecular weight excluding hydrogens is 372 g/mol. The average molecular weight is 397 g/mol. The lowest BCUT2D eigenvalue weighted by molar-refractivity contribution is 0.103. The minimum Gasteiger partial charge on any atom is -0.321 e. The number of anilines is 1. The SMILES string of the molecule is Cc1nc(-c2c(C)c(C)nn(C)c2=O)sc1C(=O)Nc1cccc(C(C)C)c1. The molecule has 7 heteroatoms. The highest BCUT2D eigenvalue weighted by Crippen LogP contribution is 2.29. The van der Waals surface area contributed by atoms with E-state index in [0.29, 0.717) is 27.1 Å². The highest BCUT2D eigenvalue weighted by molar-refractivity contribution is 7.17. The molecule has 1 amide bonds. The molecule has 28 heavy (non-hydrogen) atoms. The van der Waals surface area contributed by atoms with E-state index in [2.05, 4.69) is 29.2 Å². The molecule has 0 bridgehead atoms. The fourth-order valence-corrected chi connectivity index (χ4v) is 4.03. The maximum Gasteiger partial charge on any atom is 0.277 e. The van der Waals surface area contributed by atoms with Crippen molar-refractivity contribution in [2.45, 2.75) is 40.5 Å². The molecule has 0 saturated carbocycles. The van der Waals surface area contributed by atoms with Crippen molar-refractivity contribution in [2.75, 3.05) is 5.32 Å². The van der Waals surface area contributed by atoms with Gasteiger partial charge in [0.15, 0.2) is 0 Å². The summed E-state index contributed by atoms with van der Waals surface area (Å²) in [6.07, 6.45) is 0. The molecule has 3 rings (SSSR count). The number of nitrogens with zero attached hydrogens (tertiary/aromatic N) is 3. The van der Waals surface area contributed by atoms with Gasteiger partial charge in [0.2, 0.25) is 0 Å². The monoisotopic (exact) mass is 396 g/mol. The van der Waals surface area contributed by atoms with Gasteiger partial charge in [-0.15, -0.1) is 11.3 Å². The van der Waals surface area contributed by atoms with Crippen LogP contribution in [0.25, 0.3) is 10.6 Å². The van der Waals surface area contributed by atoms with E-state index in [1.807, 2.05) is 38.1 Å². The zero-order chi connectivity index (χ0) is 20.6. The Morgan fingerprint density at radius 2 is 1.89 bits per heavy atom. The van der Waals surface area contributed by atoms with Crippen molar-refractivity contribution in [2.24, 2.45) is 7.05 Å². The van der Waals surface area contributed by atoms with E-state index in [1.54, 1.807) is 14.0 Å².